The number of fused-ring (bicyclic) bond motifs is 4. The summed E-state index contributed by atoms with van der Waals surface area (Å²) < 4.78 is 5.13. The van der Waals surface area contributed by atoms with Crippen LogP contribution in [-0.4, -0.2) is 34.3 Å². The number of rotatable bonds is 4. The van der Waals surface area contributed by atoms with Crippen molar-refractivity contribution in [2.75, 3.05) is 6.61 Å². The first-order valence-corrected chi connectivity index (χ1v) is 9.97. The Bertz CT molecular complexity index is 1310. The van der Waals surface area contributed by atoms with E-state index in [4.69, 9.17) is 4.74 Å². The minimum absolute atomic E-state index is 0.292. The molecule has 2 aromatic carbocycles. The van der Waals surface area contributed by atoms with Crippen LogP contribution in [0.5, 0.6) is 0 Å². The van der Waals surface area contributed by atoms with Crippen molar-refractivity contribution in [1.29, 1.82) is 0 Å². The Kier molecular flexibility index (Phi) is 4.47. The number of carboxylic acids is 1. The number of aliphatic imine (C=N–C) groups is 1. The summed E-state index contributed by atoms with van der Waals surface area (Å²) in [4.78, 5) is 33.2. The van der Waals surface area contributed by atoms with Crippen LogP contribution in [0.15, 0.2) is 72.0 Å². The summed E-state index contributed by atoms with van der Waals surface area (Å²) in [5, 5.41) is 9.98. The van der Waals surface area contributed by atoms with Gasteiger partial charge in [-0.05, 0) is 40.8 Å². The predicted molar refractivity (Wildman–Crippen MR) is 116 cm³/mol. The number of hydrogen-bond acceptors (Lipinski definition) is 5. The maximum atomic E-state index is 12.2. The number of carboxylic acid groups (broad SMARTS) is 1. The number of carbonyl (C=O) groups excluding carboxylic acids is 1. The van der Waals surface area contributed by atoms with Crippen LogP contribution in [0.25, 0.3) is 16.7 Å². The molecule has 1 atom stereocenters. The Hall–Kier alpha value is -4.06. The standard InChI is InChI=1S/C25H18N2O4/c1-2-31-21(28)12-18-14-6-3-4-7-15(14)22-16(18)8-5-9-17(22)24-23(25(29)30)19-13-26-11-10-20(19)27-24/h3-13,23H,2H2,1H3,(H,29,30). The second-order valence-corrected chi connectivity index (χ2v) is 7.29. The first-order valence-electron chi connectivity index (χ1n) is 9.97. The lowest BCUT2D eigenvalue weighted by Gasteiger charge is -2.14. The number of aliphatic carboxylic acids is 1. The van der Waals surface area contributed by atoms with Crippen molar-refractivity contribution in [1.82, 2.24) is 4.98 Å². The number of pyridine rings is 1. The zero-order chi connectivity index (χ0) is 21.5. The van der Waals surface area contributed by atoms with Gasteiger partial charge in [0.25, 0.3) is 0 Å². The lowest BCUT2D eigenvalue weighted by Crippen LogP contribution is -2.20. The van der Waals surface area contributed by atoms with Crippen LogP contribution in [0.1, 0.15) is 35.1 Å². The van der Waals surface area contributed by atoms with Gasteiger partial charge in [-0.2, -0.15) is 0 Å². The van der Waals surface area contributed by atoms with Gasteiger partial charge in [-0.1, -0.05) is 42.5 Å². The average molecular weight is 410 g/mol. The molecule has 0 saturated heterocycles. The van der Waals surface area contributed by atoms with Gasteiger partial charge in [0.05, 0.1) is 18.0 Å². The summed E-state index contributed by atoms with van der Waals surface area (Å²) in [6.45, 7) is 2.06. The molecular weight excluding hydrogens is 392 g/mol. The molecule has 1 N–H and O–H groups in total. The summed E-state index contributed by atoms with van der Waals surface area (Å²) in [6, 6.07) is 15.2. The lowest BCUT2D eigenvalue weighted by atomic mass is 9.88. The third-order valence-corrected chi connectivity index (χ3v) is 5.57. The van der Waals surface area contributed by atoms with E-state index in [1.165, 1.54) is 6.08 Å². The Morgan fingerprint density at radius 1 is 1.03 bits per heavy atom. The molecule has 2 heterocycles. The van der Waals surface area contributed by atoms with E-state index in [2.05, 4.69) is 9.98 Å². The quantitative estimate of drug-likeness (QED) is 0.399. The normalized spacial score (nSPS) is 17.0. The monoisotopic (exact) mass is 410 g/mol. The van der Waals surface area contributed by atoms with E-state index in [1.54, 1.807) is 25.4 Å². The zero-order valence-corrected chi connectivity index (χ0v) is 16.7. The van der Waals surface area contributed by atoms with Crippen LogP contribution in [-0.2, 0) is 14.3 Å². The van der Waals surface area contributed by atoms with Gasteiger partial charge < -0.3 is 9.84 Å². The van der Waals surface area contributed by atoms with Crippen molar-refractivity contribution < 1.29 is 19.4 Å². The van der Waals surface area contributed by atoms with Crippen LogP contribution in [0.4, 0.5) is 5.69 Å². The van der Waals surface area contributed by atoms with Crippen molar-refractivity contribution in [3.05, 3.63) is 89.3 Å². The number of benzene rings is 2. The van der Waals surface area contributed by atoms with Gasteiger partial charge in [0, 0.05) is 29.6 Å². The minimum Gasteiger partial charge on any atom is -0.480 e. The van der Waals surface area contributed by atoms with Crippen molar-refractivity contribution in [2.24, 2.45) is 4.99 Å². The highest BCUT2D eigenvalue weighted by molar-refractivity contribution is 6.24. The number of hydrogen-bond donors (Lipinski definition) is 1. The summed E-state index contributed by atoms with van der Waals surface area (Å²) in [6.07, 6.45) is 4.67. The SMILES string of the molecule is CCOC(=O)C=C1c2ccccc2-c2c1cccc2C1=Nc2ccncc2C1C(=O)O. The van der Waals surface area contributed by atoms with Gasteiger partial charge in [-0.15, -0.1) is 0 Å². The van der Waals surface area contributed by atoms with Crippen LogP contribution < -0.4 is 0 Å². The van der Waals surface area contributed by atoms with E-state index in [-0.39, 0.29) is 0 Å². The fourth-order valence-electron chi connectivity index (χ4n) is 4.35. The smallest absolute Gasteiger partial charge is 0.331 e. The van der Waals surface area contributed by atoms with E-state index < -0.39 is 17.9 Å². The number of nitrogens with zero attached hydrogens (tertiary/aromatic N) is 2. The fraction of sp³-hybridized carbons (Fsp3) is 0.120. The second kappa shape index (κ2) is 7.32. The molecule has 1 unspecified atom stereocenters. The molecule has 152 valence electrons. The van der Waals surface area contributed by atoms with Gasteiger partial charge in [-0.3, -0.25) is 14.8 Å². The van der Waals surface area contributed by atoms with Crippen LogP contribution >= 0.6 is 0 Å². The number of aromatic nitrogens is 1. The maximum Gasteiger partial charge on any atom is 0.331 e. The summed E-state index contributed by atoms with van der Waals surface area (Å²) in [5.41, 5.74) is 6.73. The Labute approximate surface area is 178 Å². The number of esters is 1. The van der Waals surface area contributed by atoms with Crippen LogP contribution in [0.2, 0.25) is 0 Å². The Balaban J connectivity index is 1.74. The highest BCUT2D eigenvalue weighted by Gasteiger charge is 2.37. The van der Waals surface area contributed by atoms with Gasteiger partial charge in [0.2, 0.25) is 0 Å². The Morgan fingerprint density at radius 2 is 1.77 bits per heavy atom. The molecule has 2 aliphatic rings. The molecular formula is C25H18N2O4. The van der Waals surface area contributed by atoms with Gasteiger partial charge in [0.15, 0.2) is 0 Å². The first kappa shape index (κ1) is 18.9. The van der Waals surface area contributed by atoms with Crippen molar-refractivity contribution in [3.8, 4) is 11.1 Å². The molecule has 31 heavy (non-hydrogen) atoms. The summed E-state index contributed by atoms with van der Waals surface area (Å²) in [5.74, 6) is -2.29. The molecule has 1 aliphatic heterocycles. The van der Waals surface area contributed by atoms with Crippen molar-refractivity contribution in [3.63, 3.8) is 0 Å². The molecule has 1 aromatic heterocycles. The molecule has 3 aromatic rings. The van der Waals surface area contributed by atoms with Crippen LogP contribution in [0, 0.1) is 0 Å². The lowest BCUT2D eigenvalue weighted by molar-refractivity contribution is -0.138. The number of ether oxygens (including phenoxy) is 1. The predicted octanol–water partition coefficient (Wildman–Crippen LogP) is 4.36. The molecule has 6 heteroatoms. The first-order chi connectivity index (χ1) is 15.1. The molecule has 1 aliphatic carbocycles. The highest BCUT2D eigenvalue weighted by Crippen LogP contribution is 2.48. The number of carbonyl (C=O) groups is 2. The molecule has 0 amide bonds. The van der Waals surface area contributed by atoms with Crippen molar-refractivity contribution >= 4 is 28.9 Å². The van der Waals surface area contributed by atoms with Crippen molar-refractivity contribution in [2.45, 2.75) is 12.8 Å². The zero-order valence-electron chi connectivity index (χ0n) is 16.7. The third kappa shape index (κ3) is 2.95. The van der Waals surface area contributed by atoms with E-state index >= 15 is 0 Å². The molecule has 0 bridgehead atoms. The largest absolute Gasteiger partial charge is 0.480 e. The maximum absolute atomic E-state index is 12.2. The minimum atomic E-state index is -0.975. The highest BCUT2D eigenvalue weighted by atomic mass is 16.5. The molecule has 0 saturated carbocycles. The van der Waals surface area contributed by atoms with Gasteiger partial charge in [0.1, 0.15) is 5.92 Å². The van der Waals surface area contributed by atoms with E-state index in [1.807, 2.05) is 42.5 Å². The fourth-order valence-corrected chi connectivity index (χ4v) is 4.35. The summed E-state index contributed by atoms with van der Waals surface area (Å²) >= 11 is 0. The molecule has 0 fully saturated rings. The van der Waals surface area contributed by atoms with E-state index in [0.29, 0.717) is 23.6 Å². The molecule has 0 spiro atoms. The van der Waals surface area contributed by atoms with Gasteiger partial charge in [-0.25, -0.2) is 4.79 Å². The topological polar surface area (TPSA) is 88.9 Å². The van der Waals surface area contributed by atoms with Crippen LogP contribution in [0.3, 0.4) is 0 Å². The average Bonchev–Trinajstić information content (AvgIpc) is 3.31. The third-order valence-electron chi connectivity index (χ3n) is 5.57. The van der Waals surface area contributed by atoms with E-state index in [9.17, 15) is 14.7 Å². The second-order valence-electron chi connectivity index (χ2n) is 7.29. The van der Waals surface area contributed by atoms with E-state index in [0.717, 1.165) is 33.4 Å². The molecule has 0 radical (unpaired) electrons. The summed E-state index contributed by atoms with van der Waals surface area (Å²) in [7, 11) is 0. The molecule has 6 nitrogen and oxygen atoms in total. The molecule has 5 rings (SSSR count). The Morgan fingerprint density at radius 3 is 2.55 bits per heavy atom. The van der Waals surface area contributed by atoms with Gasteiger partial charge >= 0.3 is 11.9 Å².